The molecular formula is C17H17N3. The first-order valence-corrected chi connectivity index (χ1v) is 6.79. The summed E-state index contributed by atoms with van der Waals surface area (Å²) in [5, 5.41) is 1.07. The van der Waals surface area contributed by atoms with Gasteiger partial charge in [0.1, 0.15) is 0 Å². The van der Waals surface area contributed by atoms with E-state index in [1.54, 1.807) is 0 Å². The van der Waals surface area contributed by atoms with Crippen LogP contribution in [0.1, 0.15) is 18.1 Å². The van der Waals surface area contributed by atoms with Gasteiger partial charge in [0, 0.05) is 29.0 Å². The predicted octanol–water partition coefficient (Wildman–Crippen LogP) is 3.75. The van der Waals surface area contributed by atoms with Crippen LogP contribution in [0.3, 0.4) is 0 Å². The molecule has 3 rings (SSSR count). The van der Waals surface area contributed by atoms with Gasteiger partial charge in [0.2, 0.25) is 0 Å². The van der Waals surface area contributed by atoms with Crippen molar-refractivity contribution in [2.75, 3.05) is 5.73 Å². The average Bonchev–Trinajstić information content (AvgIpc) is 2.48. The number of nitrogen functional groups attached to an aromatic ring is 1. The third-order valence-corrected chi connectivity index (χ3v) is 3.60. The van der Waals surface area contributed by atoms with E-state index in [2.05, 4.69) is 24.0 Å². The summed E-state index contributed by atoms with van der Waals surface area (Å²) >= 11 is 0. The number of rotatable bonds is 2. The Balaban J connectivity index is 2.17. The van der Waals surface area contributed by atoms with Gasteiger partial charge in [0.25, 0.3) is 0 Å². The quantitative estimate of drug-likeness (QED) is 0.716. The van der Waals surface area contributed by atoms with Gasteiger partial charge in [-0.15, -0.1) is 0 Å². The number of nitrogens with zero attached hydrogens (tertiary/aromatic N) is 2. The van der Waals surface area contributed by atoms with E-state index >= 15 is 0 Å². The number of benzene rings is 1. The number of anilines is 1. The van der Waals surface area contributed by atoms with Crippen LogP contribution in [-0.4, -0.2) is 9.97 Å². The van der Waals surface area contributed by atoms with Gasteiger partial charge < -0.3 is 5.73 Å². The summed E-state index contributed by atoms with van der Waals surface area (Å²) in [6.45, 7) is 4.14. The Hall–Kier alpha value is -2.42. The van der Waals surface area contributed by atoms with E-state index in [-0.39, 0.29) is 0 Å². The lowest BCUT2D eigenvalue weighted by molar-refractivity contribution is 1.14. The third-order valence-electron chi connectivity index (χ3n) is 3.60. The van der Waals surface area contributed by atoms with Crippen LogP contribution in [0.5, 0.6) is 0 Å². The summed E-state index contributed by atoms with van der Waals surface area (Å²) < 4.78 is 0. The summed E-state index contributed by atoms with van der Waals surface area (Å²) in [6.07, 6.45) is 4.62. The van der Waals surface area contributed by atoms with Crippen molar-refractivity contribution < 1.29 is 0 Å². The zero-order valence-electron chi connectivity index (χ0n) is 11.7. The number of hydrogen-bond donors (Lipinski definition) is 1. The maximum atomic E-state index is 5.96. The lowest BCUT2D eigenvalue weighted by Crippen LogP contribution is -1.94. The number of nitrogens with two attached hydrogens (primary N) is 1. The highest BCUT2D eigenvalue weighted by Crippen LogP contribution is 2.25. The molecule has 0 bridgehead atoms. The molecule has 0 aliphatic heterocycles. The molecule has 2 aromatic heterocycles. The highest BCUT2D eigenvalue weighted by Gasteiger charge is 2.06. The molecule has 3 heteroatoms. The second-order valence-corrected chi connectivity index (χ2v) is 4.99. The first-order valence-electron chi connectivity index (χ1n) is 6.79. The van der Waals surface area contributed by atoms with Crippen molar-refractivity contribution in [3.05, 3.63) is 53.9 Å². The molecule has 2 N–H and O–H groups in total. The second kappa shape index (κ2) is 4.93. The zero-order chi connectivity index (χ0) is 14.1. The minimum Gasteiger partial charge on any atom is -0.399 e. The highest BCUT2D eigenvalue weighted by molar-refractivity contribution is 5.83. The molecule has 0 aliphatic rings. The van der Waals surface area contributed by atoms with E-state index in [4.69, 9.17) is 10.7 Å². The summed E-state index contributed by atoms with van der Waals surface area (Å²) in [4.78, 5) is 8.97. The van der Waals surface area contributed by atoms with Gasteiger partial charge in [-0.1, -0.05) is 13.0 Å². The van der Waals surface area contributed by atoms with Gasteiger partial charge in [-0.25, -0.2) is 4.98 Å². The predicted molar refractivity (Wildman–Crippen MR) is 83.5 cm³/mol. The maximum absolute atomic E-state index is 5.96. The summed E-state index contributed by atoms with van der Waals surface area (Å²) in [6, 6.07) is 10.2. The summed E-state index contributed by atoms with van der Waals surface area (Å²) in [5.41, 5.74) is 12.2. The van der Waals surface area contributed by atoms with E-state index in [1.807, 2.05) is 37.5 Å². The Labute approximate surface area is 118 Å². The first kappa shape index (κ1) is 12.6. The molecule has 20 heavy (non-hydrogen) atoms. The molecule has 2 heterocycles. The van der Waals surface area contributed by atoms with Crippen LogP contribution in [0.4, 0.5) is 5.69 Å². The van der Waals surface area contributed by atoms with Crippen LogP contribution >= 0.6 is 0 Å². The molecular weight excluding hydrogens is 246 g/mol. The van der Waals surface area contributed by atoms with Gasteiger partial charge in [0.05, 0.1) is 11.2 Å². The van der Waals surface area contributed by atoms with E-state index in [9.17, 15) is 0 Å². The SMILES string of the molecule is CCc1cc(-c2ccc3cncc(C)c3n2)ccc1N. The van der Waals surface area contributed by atoms with E-state index < -0.39 is 0 Å². The molecule has 3 nitrogen and oxygen atoms in total. The minimum atomic E-state index is 0.845. The van der Waals surface area contributed by atoms with Gasteiger partial charge >= 0.3 is 0 Å². The van der Waals surface area contributed by atoms with Crippen molar-refractivity contribution >= 4 is 16.6 Å². The van der Waals surface area contributed by atoms with Crippen molar-refractivity contribution in [3.63, 3.8) is 0 Å². The maximum Gasteiger partial charge on any atom is 0.0769 e. The lowest BCUT2D eigenvalue weighted by atomic mass is 10.0. The molecule has 0 aliphatic carbocycles. The van der Waals surface area contributed by atoms with Gasteiger partial charge in [-0.3, -0.25) is 4.98 Å². The Morgan fingerprint density at radius 1 is 1.10 bits per heavy atom. The molecule has 0 unspecified atom stereocenters. The van der Waals surface area contributed by atoms with Crippen LogP contribution in [0, 0.1) is 6.92 Å². The van der Waals surface area contributed by atoms with Crippen molar-refractivity contribution in [1.82, 2.24) is 9.97 Å². The van der Waals surface area contributed by atoms with Crippen LogP contribution in [0.25, 0.3) is 22.2 Å². The Kier molecular flexibility index (Phi) is 3.11. The second-order valence-electron chi connectivity index (χ2n) is 4.99. The van der Waals surface area contributed by atoms with Gasteiger partial charge in [-0.05, 0) is 48.7 Å². The van der Waals surface area contributed by atoms with Crippen LogP contribution < -0.4 is 5.73 Å². The number of pyridine rings is 2. The number of aromatic nitrogens is 2. The summed E-state index contributed by atoms with van der Waals surface area (Å²) in [5.74, 6) is 0. The molecule has 0 amide bonds. The van der Waals surface area contributed by atoms with Crippen molar-refractivity contribution in [3.8, 4) is 11.3 Å². The fourth-order valence-corrected chi connectivity index (χ4v) is 2.41. The Morgan fingerprint density at radius 2 is 1.95 bits per heavy atom. The molecule has 0 radical (unpaired) electrons. The molecule has 0 saturated heterocycles. The third kappa shape index (κ3) is 2.11. The molecule has 0 atom stereocenters. The zero-order valence-corrected chi connectivity index (χ0v) is 11.7. The summed E-state index contributed by atoms with van der Waals surface area (Å²) in [7, 11) is 0. The van der Waals surface area contributed by atoms with Crippen LogP contribution in [-0.2, 0) is 6.42 Å². The monoisotopic (exact) mass is 263 g/mol. The molecule has 0 spiro atoms. The lowest BCUT2D eigenvalue weighted by Gasteiger charge is -2.08. The molecule has 100 valence electrons. The number of aryl methyl sites for hydroxylation is 2. The first-order chi connectivity index (χ1) is 9.69. The molecule has 3 aromatic rings. The van der Waals surface area contributed by atoms with E-state index in [1.165, 1.54) is 0 Å². The molecule has 1 aromatic carbocycles. The minimum absolute atomic E-state index is 0.845. The number of hydrogen-bond acceptors (Lipinski definition) is 3. The average molecular weight is 263 g/mol. The van der Waals surface area contributed by atoms with Crippen molar-refractivity contribution in [2.45, 2.75) is 20.3 Å². The van der Waals surface area contributed by atoms with Crippen LogP contribution in [0.15, 0.2) is 42.7 Å². The highest BCUT2D eigenvalue weighted by atomic mass is 14.7. The van der Waals surface area contributed by atoms with Crippen LogP contribution in [0.2, 0.25) is 0 Å². The Bertz CT molecular complexity index is 778. The normalized spacial score (nSPS) is 10.9. The topological polar surface area (TPSA) is 51.8 Å². The fraction of sp³-hybridized carbons (Fsp3) is 0.176. The van der Waals surface area contributed by atoms with E-state index in [0.717, 1.165) is 45.4 Å². The van der Waals surface area contributed by atoms with Crippen molar-refractivity contribution in [2.24, 2.45) is 0 Å². The number of fused-ring (bicyclic) bond motifs is 1. The van der Waals surface area contributed by atoms with Gasteiger partial charge in [-0.2, -0.15) is 0 Å². The fourth-order valence-electron chi connectivity index (χ4n) is 2.41. The van der Waals surface area contributed by atoms with E-state index in [0.29, 0.717) is 0 Å². The standard InChI is InChI=1S/C17H17N3/c1-3-12-8-13(4-6-15(12)18)16-7-5-14-10-19-9-11(2)17(14)20-16/h4-10H,3,18H2,1-2H3. The molecule has 0 saturated carbocycles. The smallest absolute Gasteiger partial charge is 0.0769 e. The largest absolute Gasteiger partial charge is 0.399 e. The van der Waals surface area contributed by atoms with Gasteiger partial charge in [0.15, 0.2) is 0 Å². The Morgan fingerprint density at radius 3 is 2.75 bits per heavy atom. The van der Waals surface area contributed by atoms with Crippen molar-refractivity contribution in [1.29, 1.82) is 0 Å². The molecule has 0 fully saturated rings.